The van der Waals surface area contributed by atoms with E-state index in [2.05, 4.69) is 10.1 Å². The molecule has 0 atom stereocenters. The molecule has 2 rings (SSSR count). The molecule has 1 heterocycles. The van der Waals surface area contributed by atoms with Gasteiger partial charge in [0.25, 0.3) is 0 Å². The number of halogens is 1. The molecule has 0 aliphatic rings. The molecule has 106 valence electrons. The van der Waals surface area contributed by atoms with Gasteiger partial charge in [0.15, 0.2) is 0 Å². The lowest BCUT2D eigenvalue weighted by Crippen LogP contribution is -2.13. The van der Waals surface area contributed by atoms with Gasteiger partial charge in [-0.2, -0.15) is 5.10 Å². The van der Waals surface area contributed by atoms with E-state index in [-0.39, 0.29) is 12.6 Å². The number of esters is 1. The van der Waals surface area contributed by atoms with Gasteiger partial charge in [0.05, 0.1) is 25.3 Å². The van der Waals surface area contributed by atoms with Gasteiger partial charge in [0.1, 0.15) is 19.3 Å². The third-order valence-electron chi connectivity index (χ3n) is 2.47. The fraction of sp³-hybridized carbons (Fsp3) is 0.308. The van der Waals surface area contributed by atoms with Crippen LogP contribution in [0.15, 0.2) is 36.9 Å². The lowest BCUT2D eigenvalue weighted by molar-refractivity contribution is 0.0303. The third kappa shape index (κ3) is 4.64. The Hall–Kier alpha value is -1.92. The Morgan fingerprint density at radius 1 is 1.20 bits per heavy atom. The smallest absolute Gasteiger partial charge is 0.338 e. The molecule has 20 heavy (non-hydrogen) atoms. The van der Waals surface area contributed by atoms with Gasteiger partial charge in [-0.25, -0.2) is 9.78 Å². The van der Waals surface area contributed by atoms with Crippen molar-refractivity contribution in [2.45, 2.75) is 6.54 Å². The van der Waals surface area contributed by atoms with Crippen LogP contribution in [0.25, 0.3) is 0 Å². The standard InChI is InChI=1S/C13H14ClN3O3/c14-12-3-1-11(2-4-12)13(18)20-8-7-19-6-5-17-10-15-9-16-17/h1-4,9-10H,5-8H2. The molecule has 0 radical (unpaired) electrons. The minimum atomic E-state index is -0.387. The van der Waals surface area contributed by atoms with Crippen LogP contribution in [0.5, 0.6) is 0 Å². The van der Waals surface area contributed by atoms with E-state index in [0.717, 1.165) is 0 Å². The summed E-state index contributed by atoms with van der Waals surface area (Å²) in [5.41, 5.74) is 0.469. The van der Waals surface area contributed by atoms with Crippen LogP contribution in [0.1, 0.15) is 10.4 Å². The summed E-state index contributed by atoms with van der Waals surface area (Å²) in [7, 11) is 0. The van der Waals surface area contributed by atoms with Crippen molar-refractivity contribution in [3.8, 4) is 0 Å². The van der Waals surface area contributed by atoms with Crippen LogP contribution in [0, 0.1) is 0 Å². The van der Waals surface area contributed by atoms with Crippen molar-refractivity contribution >= 4 is 17.6 Å². The maximum Gasteiger partial charge on any atom is 0.338 e. The first-order valence-corrected chi connectivity index (χ1v) is 6.46. The second kappa shape index (κ2) is 7.62. The largest absolute Gasteiger partial charge is 0.460 e. The van der Waals surface area contributed by atoms with Crippen molar-refractivity contribution in [1.29, 1.82) is 0 Å². The first-order chi connectivity index (χ1) is 9.75. The number of hydrogen-bond acceptors (Lipinski definition) is 5. The summed E-state index contributed by atoms with van der Waals surface area (Å²) in [5.74, 6) is -0.387. The Morgan fingerprint density at radius 3 is 2.70 bits per heavy atom. The molecular formula is C13H14ClN3O3. The average Bonchev–Trinajstić information content (AvgIpc) is 2.96. The van der Waals surface area contributed by atoms with Gasteiger partial charge in [-0.3, -0.25) is 4.68 Å². The third-order valence-corrected chi connectivity index (χ3v) is 2.72. The van der Waals surface area contributed by atoms with Crippen molar-refractivity contribution in [3.05, 3.63) is 47.5 Å². The van der Waals surface area contributed by atoms with Gasteiger partial charge in [-0.05, 0) is 24.3 Å². The van der Waals surface area contributed by atoms with Gasteiger partial charge >= 0.3 is 5.97 Å². The molecule has 2 aromatic rings. The van der Waals surface area contributed by atoms with E-state index in [1.807, 2.05) is 0 Å². The van der Waals surface area contributed by atoms with Crippen LogP contribution in [0.3, 0.4) is 0 Å². The summed E-state index contributed by atoms with van der Waals surface area (Å²) < 4.78 is 12.1. The lowest BCUT2D eigenvalue weighted by Gasteiger charge is -2.06. The zero-order valence-electron chi connectivity index (χ0n) is 10.7. The van der Waals surface area contributed by atoms with Crippen molar-refractivity contribution in [2.24, 2.45) is 0 Å². The summed E-state index contributed by atoms with van der Waals surface area (Å²) in [6.07, 6.45) is 3.08. The lowest BCUT2D eigenvalue weighted by atomic mass is 10.2. The molecule has 1 aromatic heterocycles. The molecule has 0 aliphatic carbocycles. The molecule has 1 aromatic carbocycles. The predicted molar refractivity (Wildman–Crippen MR) is 72.6 cm³/mol. The highest BCUT2D eigenvalue weighted by Gasteiger charge is 2.06. The second-order valence-corrected chi connectivity index (χ2v) is 4.35. The van der Waals surface area contributed by atoms with Crippen molar-refractivity contribution in [1.82, 2.24) is 14.8 Å². The number of benzene rings is 1. The van der Waals surface area contributed by atoms with Gasteiger partial charge in [0.2, 0.25) is 0 Å². The Kier molecular flexibility index (Phi) is 5.52. The number of carbonyl (C=O) groups excluding carboxylic acids is 1. The number of carbonyl (C=O) groups is 1. The molecule has 0 saturated carbocycles. The monoisotopic (exact) mass is 295 g/mol. The highest BCUT2D eigenvalue weighted by atomic mass is 35.5. The van der Waals surface area contributed by atoms with Crippen LogP contribution in [-0.2, 0) is 16.0 Å². The number of aromatic nitrogens is 3. The second-order valence-electron chi connectivity index (χ2n) is 3.91. The minimum absolute atomic E-state index is 0.207. The highest BCUT2D eigenvalue weighted by molar-refractivity contribution is 6.30. The van der Waals surface area contributed by atoms with E-state index < -0.39 is 0 Å². The molecule has 0 unspecified atom stereocenters. The van der Waals surface area contributed by atoms with Crippen molar-refractivity contribution < 1.29 is 14.3 Å². The molecule has 0 bridgehead atoms. The molecule has 0 N–H and O–H groups in total. The Morgan fingerprint density at radius 2 is 2.00 bits per heavy atom. The maximum atomic E-state index is 11.6. The molecule has 0 fully saturated rings. The molecule has 0 saturated heterocycles. The van der Waals surface area contributed by atoms with Gasteiger partial charge in [0, 0.05) is 5.02 Å². The van der Waals surface area contributed by atoms with E-state index in [9.17, 15) is 4.79 Å². The van der Waals surface area contributed by atoms with Crippen molar-refractivity contribution in [3.63, 3.8) is 0 Å². The van der Waals surface area contributed by atoms with Crippen LogP contribution in [-0.4, -0.2) is 40.6 Å². The summed E-state index contributed by atoms with van der Waals surface area (Å²) in [6, 6.07) is 6.53. The molecule has 7 heteroatoms. The van der Waals surface area contributed by atoms with Gasteiger partial charge in [-0.15, -0.1) is 0 Å². The van der Waals surface area contributed by atoms with E-state index in [0.29, 0.717) is 30.3 Å². The summed E-state index contributed by atoms with van der Waals surface area (Å²) in [5, 5.41) is 4.52. The predicted octanol–water partition coefficient (Wildman–Crippen LogP) is 1.81. The summed E-state index contributed by atoms with van der Waals surface area (Å²) in [6.45, 7) is 1.65. The quantitative estimate of drug-likeness (QED) is 0.576. The molecular weight excluding hydrogens is 282 g/mol. The minimum Gasteiger partial charge on any atom is -0.460 e. The van der Waals surface area contributed by atoms with Crippen molar-refractivity contribution in [2.75, 3.05) is 19.8 Å². The molecule has 0 amide bonds. The van der Waals surface area contributed by atoms with Gasteiger partial charge in [-0.1, -0.05) is 11.6 Å². The number of rotatable bonds is 7. The van der Waals surface area contributed by atoms with E-state index in [4.69, 9.17) is 21.1 Å². The Bertz CT molecular complexity index is 528. The fourth-order valence-electron chi connectivity index (χ4n) is 1.47. The zero-order chi connectivity index (χ0) is 14.2. The normalized spacial score (nSPS) is 10.4. The fourth-order valence-corrected chi connectivity index (χ4v) is 1.60. The molecule has 0 spiro atoms. The van der Waals surface area contributed by atoms with Crippen LogP contribution >= 0.6 is 11.6 Å². The van der Waals surface area contributed by atoms with Crippen LogP contribution in [0.4, 0.5) is 0 Å². The Labute approximate surface area is 121 Å². The zero-order valence-corrected chi connectivity index (χ0v) is 11.5. The summed E-state index contributed by atoms with van der Waals surface area (Å²) in [4.78, 5) is 15.4. The van der Waals surface area contributed by atoms with E-state index >= 15 is 0 Å². The maximum absolute atomic E-state index is 11.6. The Balaban J connectivity index is 1.58. The molecule has 6 nitrogen and oxygen atoms in total. The topological polar surface area (TPSA) is 66.2 Å². The summed E-state index contributed by atoms with van der Waals surface area (Å²) >= 11 is 5.74. The van der Waals surface area contributed by atoms with Crippen LogP contribution in [0.2, 0.25) is 5.02 Å². The average molecular weight is 296 g/mol. The SMILES string of the molecule is O=C(OCCOCCn1cncn1)c1ccc(Cl)cc1. The number of hydrogen-bond donors (Lipinski definition) is 0. The van der Waals surface area contributed by atoms with E-state index in [1.165, 1.54) is 6.33 Å². The number of ether oxygens (including phenoxy) is 2. The van der Waals surface area contributed by atoms with E-state index in [1.54, 1.807) is 35.3 Å². The number of nitrogens with zero attached hydrogens (tertiary/aromatic N) is 3. The van der Waals surface area contributed by atoms with Gasteiger partial charge < -0.3 is 9.47 Å². The molecule has 0 aliphatic heterocycles. The first-order valence-electron chi connectivity index (χ1n) is 6.08. The van der Waals surface area contributed by atoms with Crippen LogP contribution < -0.4 is 0 Å². The highest BCUT2D eigenvalue weighted by Crippen LogP contribution is 2.10. The first kappa shape index (κ1) is 14.5.